The minimum atomic E-state index is -0.266. The van der Waals surface area contributed by atoms with Crippen LogP contribution in [0.4, 0.5) is 8.78 Å². The maximum absolute atomic E-state index is 13.8. The van der Waals surface area contributed by atoms with Crippen LogP contribution in [0.15, 0.2) is 42.5 Å². The second kappa shape index (κ2) is 9.28. The number of nitrogens with one attached hydrogen (secondary N) is 1. The van der Waals surface area contributed by atoms with Gasteiger partial charge in [-0.1, -0.05) is 24.3 Å². The molecule has 1 atom stereocenters. The topological polar surface area (TPSA) is 32.3 Å². The third kappa shape index (κ3) is 4.96. The highest BCUT2D eigenvalue weighted by Gasteiger charge is 2.28. The van der Waals surface area contributed by atoms with Gasteiger partial charge in [0.05, 0.1) is 0 Å². The van der Waals surface area contributed by atoms with E-state index in [1.807, 2.05) is 6.07 Å². The summed E-state index contributed by atoms with van der Waals surface area (Å²) in [6.45, 7) is 3.99. The van der Waals surface area contributed by atoms with E-state index in [1.165, 1.54) is 18.2 Å². The Hall–Kier alpha value is -2.27. The number of rotatable bonds is 6. The van der Waals surface area contributed by atoms with Crippen LogP contribution in [-0.2, 0) is 11.3 Å². The molecule has 2 aromatic rings. The molecule has 1 heterocycles. The normalized spacial score (nSPS) is 16.0. The Labute approximate surface area is 165 Å². The molecule has 5 heteroatoms. The van der Waals surface area contributed by atoms with Gasteiger partial charge in [-0.25, -0.2) is 8.78 Å². The molecule has 1 saturated heterocycles. The maximum atomic E-state index is 13.8. The highest BCUT2D eigenvalue weighted by molar-refractivity contribution is 5.77. The largest absolute Gasteiger partial charge is 0.341 e. The highest BCUT2D eigenvalue weighted by Crippen LogP contribution is 2.34. The lowest BCUT2D eigenvalue weighted by atomic mass is 9.78. The van der Waals surface area contributed by atoms with Gasteiger partial charge < -0.3 is 10.2 Å². The van der Waals surface area contributed by atoms with Crippen molar-refractivity contribution in [3.63, 3.8) is 0 Å². The number of hydrogen-bond acceptors (Lipinski definition) is 2. The average Bonchev–Trinajstić information content (AvgIpc) is 2.71. The summed E-state index contributed by atoms with van der Waals surface area (Å²) in [6, 6.07) is 11.5. The number of carbonyl (C=O) groups excluding carboxylic acids is 1. The SMILES string of the molecule is Cc1c(F)cccc1CN(C)C(=O)CC(c1ccc(F)cc1)C1CCNCC1. The fourth-order valence-electron chi connectivity index (χ4n) is 4.02. The second-order valence-electron chi connectivity index (χ2n) is 7.72. The van der Waals surface area contributed by atoms with Crippen LogP contribution >= 0.6 is 0 Å². The molecule has 3 nitrogen and oxygen atoms in total. The Morgan fingerprint density at radius 3 is 2.50 bits per heavy atom. The van der Waals surface area contributed by atoms with Crippen molar-refractivity contribution in [1.29, 1.82) is 0 Å². The van der Waals surface area contributed by atoms with Crippen molar-refractivity contribution in [2.75, 3.05) is 20.1 Å². The molecular formula is C23H28F2N2O. The van der Waals surface area contributed by atoms with Crippen LogP contribution in [-0.4, -0.2) is 30.9 Å². The van der Waals surface area contributed by atoms with Crippen molar-refractivity contribution in [3.05, 3.63) is 70.8 Å². The minimum absolute atomic E-state index is 0.0246. The summed E-state index contributed by atoms with van der Waals surface area (Å²) in [5.41, 5.74) is 2.41. The maximum Gasteiger partial charge on any atom is 0.223 e. The molecule has 3 rings (SSSR count). The van der Waals surface area contributed by atoms with E-state index in [2.05, 4.69) is 5.32 Å². The van der Waals surface area contributed by atoms with Crippen LogP contribution in [0.3, 0.4) is 0 Å². The van der Waals surface area contributed by atoms with Gasteiger partial charge in [0.15, 0.2) is 0 Å². The van der Waals surface area contributed by atoms with Gasteiger partial charge in [0.1, 0.15) is 11.6 Å². The number of piperidine rings is 1. The lowest BCUT2D eigenvalue weighted by Gasteiger charge is -2.32. The second-order valence-corrected chi connectivity index (χ2v) is 7.72. The fraction of sp³-hybridized carbons (Fsp3) is 0.435. The van der Waals surface area contributed by atoms with Crippen LogP contribution in [0.1, 0.15) is 41.9 Å². The van der Waals surface area contributed by atoms with Gasteiger partial charge >= 0.3 is 0 Å². The summed E-state index contributed by atoms with van der Waals surface area (Å²) in [6.07, 6.45) is 2.38. The summed E-state index contributed by atoms with van der Waals surface area (Å²) in [7, 11) is 1.76. The monoisotopic (exact) mass is 386 g/mol. The van der Waals surface area contributed by atoms with Gasteiger partial charge in [-0.3, -0.25) is 4.79 Å². The summed E-state index contributed by atoms with van der Waals surface area (Å²) in [4.78, 5) is 14.6. The van der Waals surface area contributed by atoms with E-state index in [1.54, 1.807) is 37.1 Å². The van der Waals surface area contributed by atoms with E-state index in [-0.39, 0.29) is 23.5 Å². The molecule has 0 spiro atoms. The molecule has 0 bridgehead atoms. The first-order valence-corrected chi connectivity index (χ1v) is 9.90. The van der Waals surface area contributed by atoms with Crippen LogP contribution in [0.5, 0.6) is 0 Å². The molecule has 0 aliphatic carbocycles. The molecule has 150 valence electrons. The lowest BCUT2D eigenvalue weighted by Crippen LogP contribution is -2.34. The fourth-order valence-corrected chi connectivity index (χ4v) is 4.02. The van der Waals surface area contributed by atoms with Gasteiger partial charge in [-0.05, 0) is 79.6 Å². The molecular weight excluding hydrogens is 358 g/mol. The summed E-state index contributed by atoms with van der Waals surface area (Å²) < 4.78 is 27.2. The van der Waals surface area contributed by atoms with Crippen LogP contribution < -0.4 is 5.32 Å². The highest BCUT2D eigenvalue weighted by atomic mass is 19.1. The molecule has 1 N–H and O–H groups in total. The number of benzene rings is 2. The Morgan fingerprint density at radius 2 is 1.82 bits per heavy atom. The van der Waals surface area contributed by atoms with Gasteiger partial charge in [0.25, 0.3) is 0 Å². The summed E-state index contributed by atoms with van der Waals surface area (Å²) >= 11 is 0. The lowest BCUT2D eigenvalue weighted by molar-refractivity contribution is -0.131. The predicted octanol–water partition coefficient (Wildman–Crippen LogP) is 4.41. The van der Waals surface area contributed by atoms with Crippen molar-refractivity contribution < 1.29 is 13.6 Å². The third-order valence-electron chi connectivity index (χ3n) is 5.86. The van der Waals surface area contributed by atoms with Crippen molar-refractivity contribution >= 4 is 5.91 Å². The molecule has 0 saturated carbocycles. The van der Waals surface area contributed by atoms with E-state index in [4.69, 9.17) is 0 Å². The van der Waals surface area contributed by atoms with Crippen molar-refractivity contribution in [2.24, 2.45) is 5.92 Å². The Kier molecular flexibility index (Phi) is 6.79. The van der Waals surface area contributed by atoms with Gasteiger partial charge in [-0.2, -0.15) is 0 Å². The summed E-state index contributed by atoms with van der Waals surface area (Å²) in [5.74, 6) is -0.0437. The molecule has 28 heavy (non-hydrogen) atoms. The van der Waals surface area contributed by atoms with Crippen LogP contribution in [0.2, 0.25) is 0 Å². The Balaban J connectivity index is 1.74. The number of amides is 1. The third-order valence-corrected chi connectivity index (χ3v) is 5.86. The van der Waals surface area contributed by atoms with Crippen molar-refractivity contribution in [2.45, 2.75) is 38.6 Å². The molecule has 1 aliphatic heterocycles. The smallest absolute Gasteiger partial charge is 0.223 e. The minimum Gasteiger partial charge on any atom is -0.341 e. The first kappa shape index (κ1) is 20.5. The number of hydrogen-bond donors (Lipinski definition) is 1. The zero-order chi connectivity index (χ0) is 20.1. The first-order chi connectivity index (χ1) is 13.5. The molecule has 1 unspecified atom stereocenters. The quantitative estimate of drug-likeness (QED) is 0.798. The van der Waals surface area contributed by atoms with Crippen molar-refractivity contribution in [1.82, 2.24) is 10.2 Å². The molecule has 1 aliphatic rings. The van der Waals surface area contributed by atoms with Gasteiger partial charge in [-0.15, -0.1) is 0 Å². The zero-order valence-corrected chi connectivity index (χ0v) is 16.6. The average molecular weight is 386 g/mol. The van der Waals surface area contributed by atoms with E-state index < -0.39 is 0 Å². The first-order valence-electron chi connectivity index (χ1n) is 9.90. The number of carbonyl (C=O) groups is 1. The van der Waals surface area contributed by atoms with E-state index in [9.17, 15) is 13.6 Å². The van der Waals surface area contributed by atoms with E-state index in [0.717, 1.165) is 37.1 Å². The molecule has 1 amide bonds. The summed E-state index contributed by atoms with van der Waals surface area (Å²) in [5, 5.41) is 3.36. The Bertz CT molecular complexity index is 801. The number of nitrogens with zero attached hydrogens (tertiary/aromatic N) is 1. The molecule has 2 aromatic carbocycles. The van der Waals surface area contributed by atoms with Gasteiger partial charge in [0, 0.05) is 20.0 Å². The van der Waals surface area contributed by atoms with E-state index >= 15 is 0 Å². The van der Waals surface area contributed by atoms with Crippen LogP contribution in [0.25, 0.3) is 0 Å². The molecule has 0 aromatic heterocycles. The zero-order valence-electron chi connectivity index (χ0n) is 16.6. The number of halogens is 2. The van der Waals surface area contributed by atoms with Gasteiger partial charge in [0.2, 0.25) is 5.91 Å². The van der Waals surface area contributed by atoms with E-state index in [0.29, 0.717) is 24.4 Å². The molecule has 1 fully saturated rings. The standard InChI is InChI=1S/C23H28F2N2O/c1-16-19(4-3-5-22(16)25)15-27(2)23(28)14-21(18-10-12-26-13-11-18)17-6-8-20(24)9-7-17/h3-9,18,21,26H,10-15H2,1-2H3. The van der Waals surface area contributed by atoms with Crippen molar-refractivity contribution in [3.8, 4) is 0 Å². The Morgan fingerprint density at radius 1 is 1.14 bits per heavy atom. The van der Waals surface area contributed by atoms with Crippen LogP contribution in [0, 0.1) is 24.5 Å². The predicted molar refractivity (Wildman–Crippen MR) is 107 cm³/mol. The molecule has 0 radical (unpaired) electrons.